The van der Waals surface area contributed by atoms with Crippen LogP contribution in [0.4, 0.5) is 10.1 Å². The molecule has 0 aromatic heterocycles. The summed E-state index contributed by atoms with van der Waals surface area (Å²) in [5.74, 6) is 0.430. The molecule has 3 aromatic carbocycles. The maximum atomic E-state index is 13.2. The van der Waals surface area contributed by atoms with Crippen LogP contribution >= 0.6 is 23.2 Å². The maximum Gasteiger partial charge on any atom is 0.258 e. The molecule has 0 spiro atoms. The van der Waals surface area contributed by atoms with E-state index in [0.717, 1.165) is 0 Å². The van der Waals surface area contributed by atoms with E-state index in [1.807, 2.05) is 18.2 Å². The quantitative estimate of drug-likeness (QED) is 0.510. The first kappa shape index (κ1) is 18.5. The Labute approximate surface area is 171 Å². The van der Waals surface area contributed by atoms with Crippen molar-refractivity contribution in [2.24, 2.45) is 0 Å². The molecule has 3 aromatic rings. The van der Waals surface area contributed by atoms with Crippen LogP contribution in [0.3, 0.4) is 0 Å². The fourth-order valence-electron chi connectivity index (χ4n) is 3.04. The van der Waals surface area contributed by atoms with E-state index in [2.05, 4.69) is 0 Å². The molecule has 0 fully saturated rings. The molecule has 1 aliphatic rings. The summed E-state index contributed by atoms with van der Waals surface area (Å²) in [7, 11) is 0. The zero-order valence-corrected chi connectivity index (χ0v) is 16.0. The van der Waals surface area contributed by atoms with Gasteiger partial charge < -0.3 is 9.64 Å². The fourth-order valence-corrected chi connectivity index (χ4v) is 3.62. The number of amides is 1. The van der Waals surface area contributed by atoms with Crippen molar-refractivity contribution in [3.05, 3.63) is 99.8 Å². The lowest BCUT2D eigenvalue weighted by Gasteiger charge is -2.30. The first-order chi connectivity index (χ1) is 13.5. The minimum absolute atomic E-state index is 0.169. The topological polar surface area (TPSA) is 29.5 Å². The highest BCUT2D eigenvalue weighted by Gasteiger charge is 2.28. The van der Waals surface area contributed by atoms with Crippen molar-refractivity contribution in [2.45, 2.75) is 0 Å². The van der Waals surface area contributed by atoms with Gasteiger partial charge in [-0.05, 0) is 54.6 Å². The van der Waals surface area contributed by atoms with Crippen molar-refractivity contribution < 1.29 is 13.9 Å². The highest BCUT2D eigenvalue weighted by molar-refractivity contribution is 6.36. The van der Waals surface area contributed by atoms with E-state index in [1.165, 1.54) is 24.3 Å². The predicted molar refractivity (Wildman–Crippen MR) is 110 cm³/mol. The van der Waals surface area contributed by atoms with Gasteiger partial charge in [-0.15, -0.1) is 0 Å². The van der Waals surface area contributed by atoms with Gasteiger partial charge in [0, 0.05) is 17.1 Å². The van der Waals surface area contributed by atoms with Gasteiger partial charge in [-0.1, -0.05) is 41.4 Å². The van der Waals surface area contributed by atoms with Crippen molar-refractivity contribution in [1.29, 1.82) is 0 Å². The van der Waals surface area contributed by atoms with Gasteiger partial charge >= 0.3 is 0 Å². The lowest BCUT2D eigenvalue weighted by Crippen LogP contribution is -2.34. The summed E-state index contributed by atoms with van der Waals surface area (Å²) in [5, 5.41) is 0.777. The molecule has 0 aliphatic carbocycles. The molecule has 0 saturated heterocycles. The second-order valence-corrected chi connectivity index (χ2v) is 7.03. The molecule has 0 N–H and O–H groups in total. The fraction of sp³-hybridized carbons (Fsp3) is 0.0455. The molecule has 0 radical (unpaired) electrons. The van der Waals surface area contributed by atoms with E-state index >= 15 is 0 Å². The summed E-state index contributed by atoms with van der Waals surface area (Å²) in [5.41, 5.74) is 1.68. The summed E-state index contributed by atoms with van der Waals surface area (Å²) in [6, 6.07) is 17.9. The second kappa shape index (κ2) is 7.66. The Hall–Kier alpha value is -2.82. The molecule has 3 nitrogen and oxygen atoms in total. The number of hydrogen-bond acceptors (Lipinski definition) is 2. The van der Waals surface area contributed by atoms with Gasteiger partial charge in [0.25, 0.3) is 5.91 Å². The number of carbonyl (C=O) groups excluding carboxylic acids is 1. The lowest BCUT2D eigenvalue weighted by molar-refractivity contribution is 0.0989. The highest BCUT2D eigenvalue weighted by Crippen LogP contribution is 2.40. The number of anilines is 1. The van der Waals surface area contributed by atoms with Crippen molar-refractivity contribution in [2.75, 3.05) is 11.4 Å². The summed E-state index contributed by atoms with van der Waals surface area (Å²) in [6.45, 7) is 0.286. The molecule has 0 atom stereocenters. The van der Waals surface area contributed by atoms with Crippen molar-refractivity contribution >= 4 is 40.6 Å². The van der Waals surface area contributed by atoms with Crippen LogP contribution < -0.4 is 9.64 Å². The van der Waals surface area contributed by atoms with Gasteiger partial charge in [0.05, 0.1) is 16.3 Å². The standard InChI is InChI=1S/C22H14Cl2FNO2/c23-15-12-18(24)21-19(13-15)26(22(27)14-4-2-1-3-5-14)11-10-20(21)28-17-8-6-16(25)7-9-17/h1-10,12-13H,11H2. The van der Waals surface area contributed by atoms with Gasteiger partial charge in [-0.2, -0.15) is 0 Å². The summed E-state index contributed by atoms with van der Waals surface area (Å²) in [4.78, 5) is 14.6. The Morgan fingerprint density at radius 2 is 1.71 bits per heavy atom. The molecule has 0 bridgehead atoms. The van der Waals surface area contributed by atoms with Crippen LogP contribution in [0.1, 0.15) is 15.9 Å². The molecular formula is C22H14Cl2FNO2. The average Bonchev–Trinajstić information content (AvgIpc) is 2.69. The minimum Gasteiger partial charge on any atom is -0.457 e. The van der Waals surface area contributed by atoms with Gasteiger partial charge in [0.2, 0.25) is 0 Å². The molecule has 0 unspecified atom stereocenters. The Morgan fingerprint density at radius 1 is 1.00 bits per heavy atom. The number of carbonyl (C=O) groups is 1. The first-order valence-electron chi connectivity index (χ1n) is 8.53. The Balaban J connectivity index is 1.74. The lowest BCUT2D eigenvalue weighted by atomic mass is 10.0. The predicted octanol–water partition coefficient (Wildman–Crippen LogP) is 6.21. The summed E-state index contributed by atoms with van der Waals surface area (Å²) < 4.78 is 19.1. The third-order valence-electron chi connectivity index (χ3n) is 4.34. The normalized spacial score (nSPS) is 13.0. The highest BCUT2D eigenvalue weighted by atomic mass is 35.5. The number of rotatable bonds is 3. The molecule has 1 heterocycles. The maximum absolute atomic E-state index is 13.2. The largest absolute Gasteiger partial charge is 0.457 e. The van der Waals surface area contributed by atoms with E-state index in [9.17, 15) is 9.18 Å². The van der Waals surface area contributed by atoms with Crippen LogP contribution in [0.5, 0.6) is 5.75 Å². The number of halogens is 3. The van der Waals surface area contributed by atoms with Crippen molar-refractivity contribution in [1.82, 2.24) is 0 Å². The van der Waals surface area contributed by atoms with E-state index < -0.39 is 0 Å². The number of benzene rings is 3. The number of nitrogens with zero attached hydrogens (tertiary/aromatic N) is 1. The molecule has 6 heteroatoms. The van der Waals surface area contributed by atoms with E-state index in [1.54, 1.807) is 35.2 Å². The third-order valence-corrected chi connectivity index (χ3v) is 4.85. The Bertz CT molecular complexity index is 1070. The van der Waals surface area contributed by atoms with E-state index in [-0.39, 0.29) is 18.3 Å². The number of ether oxygens (including phenoxy) is 1. The van der Waals surface area contributed by atoms with Crippen LogP contribution in [0.15, 0.2) is 72.8 Å². The average molecular weight is 414 g/mol. The van der Waals surface area contributed by atoms with Gasteiger partial charge in [-0.25, -0.2) is 4.39 Å². The molecular weight excluding hydrogens is 400 g/mol. The van der Waals surface area contributed by atoms with E-state index in [0.29, 0.717) is 38.4 Å². The zero-order chi connectivity index (χ0) is 19.7. The molecule has 140 valence electrons. The number of fused-ring (bicyclic) bond motifs is 1. The van der Waals surface area contributed by atoms with Crippen LogP contribution in [0.25, 0.3) is 5.76 Å². The monoisotopic (exact) mass is 413 g/mol. The van der Waals surface area contributed by atoms with Crippen LogP contribution in [0, 0.1) is 5.82 Å². The first-order valence-corrected chi connectivity index (χ1v) is 9.28. The van der Waals surface area contributed by atoms with Crippen LogP contribution in [-0.4, -0.2) is 12.5 Å². The molecule has 1 aliphatic heterocycles. The van der Waals surface area contributed by atoms with E-state index in [4.69, 9.17) is 27.9 Å². The van der Waals surface area contributed by atoms with Crippen LogP contribution in [-0.2, 0) is 0 Å². The third kappa shape index (κ3) is 3.61. The van der Waals surface area contributed by atoms with Gasteiger partial charge in [-0.3, -0.25) is 4.79 Å². The number of hydrogen-bond donors (Lipinski definition) is 0. The SMILES string of the molecule is O=C(c1ccccc1)N1CC=C(Oc2ccc(F)cc2)c2c(Cl)cc(Cl)cc21. The summed E-state index contributed by atoms with van der Waals surface area (Å²) in [6.07, 6.45) is 1.77. The van der Waals surface area contributed by atoms with Crippen molar-refractivity contribution in [3.63, 3.8) is 0 Å². The van der Waals surface area contributed by atoms with Crippen molar-refractivity contribution in [3.8, 4) is 5.75 Å². The smallest absolute Gasteiger partial charge is 0.258 e. The molecule has 28 heavy (non-hydrogen) atoms. The molecule has 1 amide bonds. The minimum atomic E-state index is -0.352. The Kier molecular flexibility index (Phi) is 5.07. The van der Waals surface area contributed by atoms with Gasteiger partial charge in [0.15, 0.2) is 0 Å². The Morgan fingerprint density at radius 3 is 2.43 bits per heavy atom. The molecule has 4 rings (SSSR count). The zero-order valence-electron chi connectivity index (χ0n) is 14.5. The van der Waals surface area contributed by atoms with Gasteiger partial charge in [0.1, 0.15) is 17.3 Å². The van der Waals surface area contributed by atoms with Crippen LogP contribution in [0.2, 0.25) is 10.0 Å². The summed E-state index contributed by atoms with van der Waals surface area (Å²) >= 11 is 12.6. The second-order valence-electron chi connectivity index (χ2n) is 6.19. The molecule has 0 saturated carbocycles.